The summed E-state index contributed by atoms with van der Waals surface area (Å²) in [5.41, 5.74) is 3.36. The van der Waals surface area contributed by atoms with E-state index in [1.165, 1.54) is 0 Å². The maximum absolute atomic E-state index is 10.3. The first kappa shape index (κ1) is 21.9. The smallest absolute Gasteiger partial charge is 0.227 e. The van der Waals surface area contributed by atoms with Gasteiger partial charge in [-0.05, 0) is 38.0 Å². The third-order valence-electron chi connectivity index (χ3n) is 4.76. The number of hydrogen-bond acceptors (Lipinski definition) is 8. The number of rotatable bonds is 10. The van der Waals surface area contributed by atoms with Crippen molar-refractivity contribution in [2.24, 2.45) is 0 Å². The Labute approximate surface area is 177 Å². The van der Waals surface area contributed by atoms with E-state index in [4.69, 9.17) is 19.8 Å². The van der Waals surface area contributed by atoms with Crippen molar-refractivity contribution in [1.29, 1.82) is 0 Å². The molecule has 1 atom stereocenters. The second-order valence-electron chi connectivity index (χ2n) is 7.44. The molecule has 9 heteroatoms. The van der Waals surface area contributed by atoms with Crippen LogP contribution in [0.15, 0.2) is 18.3 Å². The van der Waals surface area contributed by atoms with Gasteiger partial charge in [-0.25, -0.2) is 9.97 Å². The van der Waals surface area contributed by atoms with Crippen LogP contribution in [-0.2, 0) is 17.7 Å². The highest BCUT2D eigenvalue weighted by Crippen LogP contribution is 2.29. The van der Waals surface area contributed by atoms with Crippen molar-refractivity contribution < 1.29 is 9.84 Å². The van der Waals surface area contributed by atoms with Crippen molar-refractivity contribution in [1.82, 2.24) is 24.7 Å². The highest BCUT2D eigenvalue weighted by atomic mass is 16.5. The number of nitrogens with one attached hydrogen (secondary N) is 1. The SMILES string of the molecule is CCOCCn1nc(CC(O)CC)c2nc(N(C)C)nc(Nc3cc(C)ccn3)c21. The van der Waals surface area contributed by atoms with Crippen LogP contribution >= 0.6 is 0 Å². The van der Waals surface area contributed by atoms with Crippen molar-refractivity contribution in [2.45, 2.75) is 46.3 Å². The molecule has 0 radical (unpaired) electrons. The summed E-state index contributed by atoms with van der Waals surface area (Å²) in [5, 5.41) is 18.4. The zero-order valence-corrected chi connectivity index (χ0v) is 18.4. The topological polar surface area (TPSA) is 101 Å². The minimum atomic E-state index is -0.476. The lowest BCUT2D eigenvalue weighted by molar-refractivity contribution is 0.137. The molecule has 0 bridgehead atoms. The second kappa shape index (κ2) is 9.82. The summed E-state index contributed by atoms with van der Waals surface area (Å²) < 4.78 is 7.40. The third-order valence-corrected chi connectivity index (χ3v) is 4.76. The van der Waals surface area contributed by atoms with Gasteiger partial charge in [-0.1, -0.05) is 6.92 Å². The second-order valence-corrected chi connectivity index (χ2v) is 7.44. The summed E-state index contributed by atoms with van der Waals surface area (Å²) >= 11 is 0. The van der Waals surface area contributed by atoms with E-state index >= 15 is 0 Å². The first-order chi connectivity index (χ1) is 14.4. The van der Waals surface area contributed by atoms with Gasteiger partial charge in [-0.2, -0.15) is 10.1 Å². The van der Waals surface area contributed by atoms with E-state index in [1.807, 2.05) is 56.6 Å². The average molecular weight is 414 g/mol. The van der Waals surface area contributed by atoms with Crippen molar-refractivity contribution in [2.75, 3.05) is 37.5 Å². The molecule has 3 heterocycles. The molecule has 0 aliphatic carbocycles. The Morgan fingerprint density at radius 1 is 1.27 bits per heavy atom. The van der Waals surface area contributed by atoms with Crippen LogP contribution in [0.4, 0.5) is 17.6 Å². The summed E-state index contributed by atoms with van der Waals surface area (Å²) in [7, 11) is 3.80. The normalized spacial score (nSPS) is 12.3. The molecule has 0 aromatic carbocycles. The number of aromatic nitrogens is 5. The zero-order valence-electron chi connectivity index (χ0n) is 18.4. The minimum absolute atomic E-state index is 0.431. The summed E-state index contributed by atoms with van der Waals surface area (Å²) in [4.78, 5) is 15.7. The maximum atomic E-state index is 10.3. The Kier molecular flexibility index (Phi) is 7.17. The molecule has 30 heavy (non-hydrogen) atoms. The molecule has 0 spiro atoms. The molecule has 0 aliphatic rings. The van der Waals surface area contributed by atoms with Crippen LogP contribution in [0, 0.1) is 6.92 Å². The summed E-state index contributed by atoms with van der Waals surface area (Å²) in [6, 6.07) is 3.91. The number of hydrogen-bond donors (Lipinski definition) is 2. The number of aliphatic hydroxyl groups is 1. The van der Waals surface area contributed by atoms with Crippen LogP contribution in [0.1, 0.15) is 31.5 Å². The summed E-state index contributed by atoms with van der Waals surface area (Å²) in [5.74, 6) is 1.89. The number of anilines is 3. The highest BCUT2D eigenvalue weighted by Gasteiger charge is 2.21. The van der Waals surface area contributed by atoms with Gasteiger partial charge >= 0.3 is 0 Å². The third kappa shape index (κ3) is 5.03. The van der Waals surface area contributed by atoms with Crippen molar-refractivity contribution in [3.63, 3.8) is 0 Å². The van der Waals surface area contributed by atoms with E-state index < -0.39 is 6.10 Å². The molecule has 3 aromatic heterocycles. The quantitative estimate of drug-likeness (QED) is 0.489. The Hall–Kier alpha value is -2.78. The molecule has 0 saturated heterocycles. The molecule has 0 aliphatic heterocycles. The molecule has 162 valence electrons. The first-order valence-corrected chi connectivity index (χ1v) is 10.3. The van der Waals surface area contributed by atoms with Gasteiger partial charge in [0.25, 0.3) is 0 Å². The summed E-state index contributed by atoms with van der Waals surface area (Å²) in [6.45, 7) is 7.67. The molecule has 0 amide bonds. The van der Waals surface area contributed by atoms with Crippen molar-refractivity contribution >= 4 is 28.6 Å². The maximum Gasteiger partial charge on any atom is 0.227 e. The van der Waals surface area contributed by atoms with Gasteiger partial charge in [-0.3, -0.25) is 4.68 Å². The van der Waals surface area contributed by atoms with E-state index in [1.54, 1.807) is 6.20 Å². The number of aliphatic hydroxyl groups excluding tert-OH is 1. The van der Waals surface area contributed by atoms with Crippen molar-refractivity contribution in [3.05, 3.63) is 29.6 Å². The molecular weight excluding hydrogens is 382 g/mol. The number of nitrogens with zero attached hydrogens (tertiary/aromatic N) is 6. The lowest BCUT2D eigenvalue weighted by atomic mass is 10.1. The lowest BCUT2D eigenvalue weighted by Gasteiger charge is -2.14. The number of ether oxygens (including phenoxy) is 1. The van der Waals surface area contributed by atoms with Crippen molar-refractivity contribution in [3.8, 4) is 0 Å². The molecule has 9 nitrogen and oxygen atoms in total. The lowest BCUT2D eigenvalue weighted by Crippen LogP contribution is -2.15. The minimum Gasteiger partial charge on any atom is -0.393 e. The van der Waals surface area contributed by atoms with Crippen LogP contribution in [0.2, 0.25) is 0 Å². The Morgan fingerprint density at radius 3 is 2.73 bits per heavy atom. The van der Waals surface area contributed by atoms with Gasteiger partial charge in [0.2, 0.25) is 5.95 Å². The average Bonchev–Trinajstić information content (AvgIpc) is 3.05. The van der Waals surface area contributed by atoms with Gasteiger partial charge in [0.15, 0.2) is 5.82 Å². The molecular formula is C21H31N7O2. The van der Waals surface area contributed by atoms with Gasteiger partial charge in [0, 0.05) is 33.3 Å². The number of aryl methyl sites for hydroxylation is 1. The van der Waals surface area contributed by atoms with Crippen LogP contribution < -0.4 is 10.2 Å². The fourth-order valence-corrected chi connectivity index (χ4v) is 3.11. The van der Waals surface area contributed by atoms with E-state index in [0.29, 0.717) is 50.2 Å². The highest BCUT2D eigenvalue weighted by molar-refractivity contribution is 5.90. The van der Waals surface area contributed by atoms with Crippen LogP contribution in [0.25, 0.3) is 11.0 Å². The molecule has 0 saturated carbocycles. The predicted molar refractivity (Wildman–Crippen MR) is 118 cm³/mol. The molecule has 3 rings (SSSR count). The zero-order chi connectivity index (χ0) is 21.7. The van der Waals surface area contributed by atoms with Gasteiger partial charge in [0.1, 0.15) is 16.9 Å². The molecule has 3 aromatic rings. The molecule has 1 unspecified atom stereocenters. The number of pyridine rings is 1. The van der Waals surface area contributed by atoms with Crippen LogP contribution in [0.3, 0.4) is 0 Å². The Balaban J connectivity index is 2.15. The van der Waals surface area contributed by atoms with Gasteiger partial charge < -0.3 is 20.1 Å². The Bertz CT molecular complexity index is 987. The van der Waals surface area contributed by atoms with E-state index in [9.17, 15) is 5.11 Å². The number of fused-ring (bicyclic) bond motifs is 1. The largest absolute Gasteiger partial charge is 0.393 e. The van der Waals surface area contributed by atoms with E-state index in [-0.39, 0.29) is 0 Å². The molecule has 2 N–H and O–H groups in total. The Morgan fingerprint density at radius 2 is 2.07 bits per heavy atom. The first-order valence-electron chi connectivity index (χ1n) is 10.3. The standard InChI is InChI=1S/C21H31N7O2/c1-6-15(29)13-16-18-19(28(26-16)10-11-30-7-2)20(25-21(24-18)27(4)5)23-17-12-14(3)8-9-22-17/h8-9,12,15,29H,6-7,10-11,13H2,1-5H3,(H,22,23,24,25). The van der Waals surface area contributed by atoms with E-state index in [2.05, 4.69) is 10.3 Å². The predicted octanol–water partition coefficient (Wildman–Crippen LogP) is 2.69. The summed E-state index contributed by atoms with van der Waals surface area (Å²) in [6.07, 6.45) is 2.37. The van der Waals surface area contributed by atoms with Crippen LogP contribution in [0.5, 0.6) is 0 Å². The monoisotopic (exact) mass is 413 g/mol. The molecule has 0 fully saturated rings. The fraction of sp³-hybridized carbons (Fsp3) is 0.524. The van der Waals surface area contributed by atoms with Crippen LogP contribution in [-0.4, -0.2) is 63.3 Å². The van der Waals surface area contributed by atoms with Gasteiger partial charge in [-0.15, -0.1) is 0 Å². The van der Waals surface area contributed by atoms with Gasteiger partial charge in [0.05, 0.1) is 24.9 Å². The van der Waals surface area contributed by atoms with E-state index in [0.717, 1.165) is 22.3 Å². The fourth-order valence-electron chi connectivity index (χ4n) is 3.11.